The van der Waals surface area contributed by atoms with Gasteiger partial charge in [-0.25, -0.2) is 0 Å². The standard InChI is InChI=1S/C18H24ClN/c1-12(20-17-4-2-16(19)3-5-17)18-9-13-6-14(10-18)8-15(7-13)11-18/h2-5,12-15,20H,6-11H2,1H3. The van der Waals surface area contributed by atoms with Crippen molar-refractivity contribution in [2.75, 3.05) is 5.32 Å². The smallest absolute Gasteiger partial charge is 0.0407 e. The number of halogens is 1. The van der Waals surface area contributed by atoms with E-state index < -0.39 is 0 Å². The summed E-state index contributed by atoms with van der Waals surface area (Å²) in [5.74, 6) is 3.07. The zero-order valence-electron chi connectivity index (χ0n) is 12.2. The number of benzene rings is 1. The maximum atomic E-state index is 5.98. The van der Waals surface area contributed by atoms with Crippen molar-refractivity contribution < 1.29 is 0 Å². The Morgan fingerprint density at radius 2 is 1.50 bits per heavy atom. The fourth-order valence-corrected chi connectivity index (χ4v) is 5.78. The van der Waals surface area contributed by atoms with Gasteiger partial charge < -0.3 is 5.32 Å². The Kier molecular flexibility index (Phi) is 3.03. The maximum Gasteiger partial charge on any atom is 0.0407 e. The van der Waals surface area contributed by atoms with Crippen LogP contribution in [0.5, 0.6) is 0 Å². The van der Waals surface area contributed by atoms with Crippen molar-refractivity contribution in [3.8, 4) is 0 Å². The molecule has 0 aromatic heterocycles. The lowest BCUT2D eigenvalue weighted by molar-refractivity contribution is -0.0602. The fraction of sp³-hybridized carbons (Fsp3) is 0.667. The Balaban J connectivity index is 1.53. The summed E-state index contributed by atoms with van der Waals surface area (Å²) in [4.78, 5) is 0. The van der Waals surface area contributed by atoms with Crippen LogP contribution in [0.15, 0.2) is 24.3 Å². The molecule has 108 valence electrons. The van der Waals surface area contributed by atoms with E-state index in [1.165, 1.54) is 44.2 Å². The number of anilines is 1. The molecule has 2 heteroatoms. The molecule has 4 aliphatic carbocycles. The number of rotatable bonds is 3. The molecule has 1 aromatic rings. The molecule has 0 saturated heterocycles. The first-order valence-corrected chi connectivity index (χ1v) is 8.53. The van der Waals surface area contributed by atoms with Gasteiger partial charge in [0.25, 0.3) is 0 Å². The van der Waals surface area contributed by atoms with E-state index >= 15 is 0 Å². The molecule has 0 spiro atoms. The Hall–Kier alpha value is -0.690. The van der Waals surface area contributed by atoms with Gasteiger partial charge in [-0.3, -0.25) is 0 Å². The van der Waals surface area contributed by atoms with Crippen LogP contribution in [0, 0.1) is 23.2 Å². The number of hydrogen-bond acceptors (Lipinski definition) is 1. The second-order valence-corrected chi connectivity index (χ2v) is 8.09. The lowest BCUT2D eigenvalue weighted by Crippen LogP contribution is -2.52. The van der Waals surface area contributed by atoms with Crippen molar-refractivity contribution in [2.45, 2.75) is 51.5 Å². The molecule has 4 saturated carbocycles. The molecule has 1 unspecified atom stereocenters. The highest BCUT2D eigenvalue weighted by Gasteiger charge is 2.53. The van der Waals surface area contributed by atoms with E-state index in [0.29, 0.717) is 11.5 Å². The molecule has 1 N–H and O–H groups in total. The first-order chi connectivity index (χ1) is 9.63. The molecule has 4 fully saturated rings. The third-order valence-electron chi connectivity index (χ3n) is 6.23. The van der Waals surface area contributed by atoms with Gasteiger partial charge in [-0.15, -0.1) is 0 Å². The first-order valence-electron chi connectivity index (χ1n) is 8.15. The molecule has 4 bridgehead atoms. The monoisotopic (exact) mass is 289 g/mol. The lowest BCUT2D eigenvalue weighted by atomic mass is 9.48. The normalized spacial score (nSPS) is 39.8. The van der Waals surface area contributed by atoms with Gasteiger partial charge in [0.05, 0.1) is 0 Å². The summed E-state index contributed by atoms with van der Waals surface area (Å²) in [5, 5.41) is 4.59. The summed E-state index contributed by atoms with van der Waals surface area (Å²) in [7, 11) is 0. The molecule has 4 aliphatic rings. The average Bonchev–Trinajstić information content (AvgIpc) is 2.40. The Morgan fingerprint density at radius 3 is 2.00 bits per heavy atom. The molecule has 1 atom stereocenters. The quantitative estimate of drug-likeness (QED) is 0.790. The van der Waals surface area contributed by atoms with E-state index in [2.05, 4.69) is 24.4 Å². The molecular weight excluding hydrogens is 266 g/mol. The van der Waals surface area contributed by atoms with E-state index in [1.54, 1.807) is 0 Å². The summed E-state index contributed by atoms with van der Waals surface area (Å²) in [6.45, 7) is 2.40. The van der Waals surface area contributed by atoms with Crippen molar-refractivity contribution in [3.05, 3.63) is 29.3 Å². The van der Waals surface area contributed by atoms with E-state index in [0.717, 1.165) is 22.8 Å². The van der Waals surface area contributed by atoms with Crippen LogP contribution in [0.2, 0.25) is 5.02 Å². The van der Waals surface area contributed by atoms with Crippen molar-refractivity contribution in [3.63, 3.8) is 0 Å². The molecule has 0 aliphatic heterocycles. The Morgan fingerprint density at radius 1 is 1.00 bits per heavy atom. The minimum Gasteiger partial charge on any atom is -0.382 e. The van der Waals surface area contributed by atoms with Gasteiger partial charge in [0.1, 0.15) is 0 Å². The van der Waals surface area contributed by atoms with Gasteiger partial charge in [0.2, 0.25) is 0 Å². The van der Waals surface area contributed by atoms with Crippen molar-refractivity contribution in [1.82, 2.24) is 0 Å². The molecule has 1 aromatic carbocycles. The topological polar surface area (TPSA) is 12.0 Å². The van der Waals surface area contributed by atoms with Crippen LogP contribution in [0.3, 0.4) is 0 Å². The van der Waals surface area contributed by atoms with Gasteiger partial charge >= 0.3 is 0 Å². The highest BCUT2D eigenvalue weighted by atomic mass is 35.5. The van der Waals surface area contributed by atoms with Gasteiger partial charge in [0.15, 0.2) is 0 Å². The Bertz CT molecular complexity index is 457. The van der Waals surface area contributed by atoms with Crippen molar-refractivity contribution in [2.24, 2.45) is 23.2 Å². The molecule has 20 heavy (non-hydrogen) atoms. The van der Waals surface area contributed by atoms with Gasteiger partial charge in [-0.2, -0.15) is 0 Å². The van der Waals surface area contributed by atoms with Crippen LogP contribution in [0.25, 0.3) is 0 Å². The zero-order valence-corrected chi connectivity index (χ0v) is 13.0. The Labute approximate surface area is 127 Å². The maximum absolute atomic E-state index is 5.98. The summed E-state index contributed by atoms with van der Waals surface area (Å²) in [6.07, 6.45) is 8.94. The molecule has 0 amide bonds. The second kappa shape index (κ2) is 4.66. The van der Waals surface area contributed by atoms with E-state index in [1.807, 2.05) is 12.1 Å². The van der Waals surface area contributed by atoms with Gasteiger partial charge in [-0.05, 0) is 92.9 Å². The van der Waals surface area contributed by atoms with Gasteiger partial charge in [0, 0.05) is 16.8 Å². The van der Waals surface area contributed by atoms with E-state index in [4.69, 9.17) is 11.6 Å². The van der Waals surface area contributed by atoms with Crippen LogP contribution in [0.1, 0.15) is 45.4 Å². The zero-order chi connectivity index (χ0) is 13.7. The third-order valence-corrected chi connectivity index (χ3v) is 6.48. The number of hydrogen-bond donors (Lipinski definition) is 1. The van der Waals surface area contributed by atoms with Crippen LogP contribution in [0.4, 0.5) is 5.69 Å². The third kappa shape index (κ3) is 2.15. The summed E-state index contributed by atoms with van der Waals surface area (Å²) < 4.78 is 0. The summed E-state index contributed by atoms with van der Waals surface area (Å²) >= 11 is 5.98. The minimum absolute atomic E-state index is 0.564. The van der Waals surface area contributed by atoms with Gasteiger partial charge in [-0.1, -0.05) is 11.6 Å². The molecule has 1 nitrogen and oxygen atoms in total. The van der Waals surface area contributed by atoms with E-state index in [9.17, 15) is 0 Å². The van der Waals surface area contributed by atoms with Crippen LogP contribution < -0.4 is 5.32 Å². The highest BCUT2D eigenvalue weighted by molar-refractivity contribution is 6.30. The SMILES string of the molecule is CC(Nc1ccc(Cl)cc1)C12CC3CC(CC(C3)C1)C2. The van der Waals surface area contributed by atoms with Crippen molar-refractivity contribution >= 4 is 17.3 Å². The molecular formula is C18H24ClN. The van der Waals surface area contributed by atoms with Crippen LogP contribution in [-0.4, -0.2) is 6.04 Å². The number of nitrogens with one attached hydrogen (secondary N) is 1. The summed E-state index contributed by atoms with van der Waals surface area (Å²) in [5.41, 5.74) is 1.78. The second-order valence-electron chi connectivity index (χ2n) is 7.65. The van der Waals surface area contributed by atoms with E-state index in [-0.39, 0.29) is 0 Å². The molecule has 5 rings (SSSR count). The minimum atomic E-state index is 0.564. The molecule has 0 heterocycles. The largest absolute Gasteiger partial charge is 0.382 e. The van der Waals surface area contributed by atoms with Crippen LogP contribution in [-0.2, 0) is 0 Å². The van der Waals surface area contributed by atoms with Crippen LogP contribution >= 0.6 is 11.6 Å². The predicted molar refractivity (Wildman–Crippen MR) is 85.1 cm³/mol. The first kappa shape index (κ1) is 13.0. The fourth-order valence-electron chi connectivity index (χ4n) is 5.66. The lowest BCUT2D eigenvalue weighted by Gasteiger charge is -2.59. The predicted octanol–water partition coefficient (Wildman–Crippen LogP) is 5.36. The van der Waals surface area contributed by atoms with Crippen molar-refractivity contribution in [1.29, 1.82) is 0 Å². The summed E-state index contributed by atoms with van der Waals surface area (Å²) in [6, 6.07) is 8.77. The molecule has 0 radical (unpaired) electrons. The highest BCUT2D eigenvalue weighted by Crippen LogP contribution is 2.61. The average molecular weight is 290 g/mol.